The Kier molecular flexibility index (Phi) is 14.8. The summed E-state index contributed by atoms with van der Waals surface area (Å²) in [7, 11) is -1.98. The Morgan fingerprint density at radius 2 is 1.73 bits per heavy atom. The number of hydrogen-bond donors (Lipinski definition) is 3. The number of carbonyl (C=O) groups is 1. The number of allylic oxidation sites excluding steroid dienone is 1. The number of nitrogens with zero attached hydrogens (tertiary/aromatic N) is 1. The molecule has 1 aromatic rings. The molecule has 5 atom stereocenters. The second-order valence-electron chi connectivity index (χ2n) is 14.1. The van der Waals surface area contributed by atoms with Crippen molar-refractivity contribution in [2.24, 2.45) is 17.3 Å². The zero-order chi connectivity index (χ0) is 31.8. The molecule has 8 heteroatoms. The molecule has 0 saturated heterocycles. The summed E-state index contributed by atoms with van der Waals surface area (Å²) in [6.45, 7) is 24.6. The van der Waals surface area contributed by atoms with Gasteiger partial charge in [-0.1, -0.05) is 60.1 Å². The highest BCUT2D eigenvalue weighted by Crippen LogP contribution is 2.39. The molecule has 0 spiro atoms. The standard InChI is InChI=1S/C33H59NO5SSi/c1-22(14-13-15-23(2)30(37)25(4)31(38)33(9,10)29(36)18-19-35)16-17-28(39-41(11,12)32(6,7)8)24(3)20-27-21-40-26(5)34-27/h16,20-21,23,25,28-30,35-37H,13-15,17-19H2,1-12H3/b22-16-,24-20+/t23-,25+,28-,29-,30-/m0/s1. The van der Waals surface area contributed by atoms with Crippen LogP contribution in [0.4, 0.5) is 0 Å². The van der Waals surface area contributed by atoms with Crippen LogP contribution in [0.25, 0.3) is 6.08 Å². The molecular formula is C33H59NO5SSi. The third-order valence-corrected chi connectivity index (χ3v) is 14.3. The molecular weight excluding hydrogens is 551 g/mol. The molecule has 0 aliphatic heterocycles. The minimum Gasteiger partial charge on any atom is -0.410 e. The van der Waals surface area contributed by atoms with E-state index in [0.717, 1.165) is 36.4 Å². The number of aryl methyl sites for hydroxylation is 1. The van der Waals surface area contributed by atoms with Crippen molar-refractivity contribution >= 4 is 31.5 Å². The summed E-state index contributed by atoms with van der Waals surface area (Å²) < 4.78 is 6.88. The summed E-state index contributed by atoms with van der Waals surface area (Å²) in [6, 6.07) is 0. The van der Waals surface area contributed by atoms with E-state index in [2.05, 4.69) is 70.2 Å². The molecule has 1 heterocycles. The summed E-state index contributed by atoms with van der Waals surface area (Å²) in [5.74, 6) is -0.804. The molecule has 0 saturated carbocycles. The number of thiazole rings is 1. The van der Waals surface area contributed by atoms with E-state index in [-0.39, 0.29) is 35.9 Å². The zero-order valence-corrected chi connectivity index (χ0v) is 29.7. The van der Waals surface area contributed by atoms with Crippen LogP contribution in [-0.4, -0.2) is 59.3 Å². The van der Waals surface area contributed by atoms with E-state index in [9.17, 15) is 15.0 Å². The van der Waals surface area contributed by atoms with Crippen LogP contribution in [0.2, 0.25) is 18.1 Å². The van der Waals surface area contributed by atoms with E-state index in [1.165, 1.54) is 11.1 Å². The van der Waals surface area contributed by atoms with E-state index >= 15 is 0 Å². The lowest BCUT2D eigenvalue weighted by molar-refractivity contribution is -0.142. The molecule has 236 valence electrons. The van der Waals surface area contributed by atoms with E-state index in [1.807, 2.05) is 13.8 Å². The molecule has 6 nitrogen and oxygen atoms in total. The quantitative estimate of drug-likeness (QED) is 0.123. The Morgan fingerprint density at radius 3 is 2.24 bits per heavy atom. The van der Waals surface area contributed by atoms with Gasteiger partial charge in [-0.2, -0.15) is 0 Å². The first-order chi connectivity index (χ1) is 18.7. The van der Waals surface area contributed by atoms with Crippen LogP contribution in [0.3, 0.4) is 0 Å². The molecule has 0 unspecified atom stereocenters. The highest BCUT2D eigenvalue weighted by molar-refractivity contribution is 7.09. The highest BCUT2D eigenvalue weighted by Gasteiger charge is 2.41. The van der Waals surface area contributed by atoms with Gasteiger partial charge in [0.15, 0.2) is 8.32 Å². The smallest absolute Gasteiger partial charge is 0.192 e. The second-order valence-corrected chi connectivity index (χ2v) is 19.9. The summed E-state index contributed by atoms with van der Waals surface area (Å²) in [6.07, 6.45) is 6.30. The Bertz CT molecular complexity index is 1020. The lowest BCUT2D eigenvalue weighted by Gasteiger charge is -2.39. The van der Waals surface area contributed by atoms with Gasteiger partial charge in [-0.15, -0.1) is 11.3 Å². The Balaban J connectivity index is 2.85. The van der Waals surface area contributed by atoms with Gasteiger partial charge in [0.1, 0.15) is 5.78 Å². The fourth-order valence-electron chi connectivity index (χ4n) is 4.80. The van der Waals surface area contributed by atoms with E-state index < -0.39 is 31.9 Å². The number of ketones is 1. The first-order valence-electron chi connectivity index (χ1n) is 15.2. The number of aliphatic hydroxyl groups is 3. The van der Waals surface area contributed by atoms with Gasteiger partial charge < -0.3 is 19.7 Å². The fraction of sp³-hybridized carbons (Fsp3) is 0.758. The van der Waals surface area contributed by atoms with Crippen molar-refractivity contribution in [2.75, 3.05) is 6.61 Å². The molecule has 3 N–H and O–H groups in total. The molecule has 0 fully saturated rings. The number of aromatic nitrogens is 1. The van der Waals surface area contributed by atoms with Gasteiger partial charge in [0.2, 0.25) is 0 Å². The average molecular weight is 610 g/mol. The number of aliphatic hydroxyl groups excluding tert-OH is 3. The van der Waals surface area contributed by atoms with Gasteiger partial charge in [-0.3, -0.25) is 4.79 Å². The number of carbonyl (C=O) groups excluding carboxylic acids is 1. The lowest BCUT2D eigenvalue weighted by atomic mass is 9.73. The first-order valence-corrected chi connectivity index (χ1v) is 19.0. The normalized spacial score (nSPS) is 17.7. The first kappa shape index (κ1) is 37.9. The molecule has 0 bridgehead atoms. The largest absolute Gasteiger partial charge is 0.410 e. The third kappa shape index (κ3) is 11.5. The molecule has 1 aromatic heterocycles. The Labute approximate surface area is 255 Å². The van der Waals surface area contributed by atoms with Crippen LogP contribution >= 0.6 is 11.3 Å². The van der Waals surface area contributed by atoms with Gasteiger partial charge in [0, 0.05) is 23.3 Å². The average Bonchev–Trinajstić information content (AvgIpc) is 3.28. The molecule has 1 rings (SSSR count). The van der Waals surface area contributed by atoms with Crippen molar-refractivity contribution in [1.82, 2.24) is 4.98 Å². The van der Waals surface area contributed by atoms with Crippen molar-refractivity contribution in [2.45, 2.75) is 138 Å². The van der Waals surface area contributed by atoms with Crippen molar-refractivity contribution in [3.8, 4) is 0 Å². The maximum atomic E-state index is 13.1. The van der Waals surface area contributed by atoms with Crippen LogP contribution in [0.1, 0.15) is 105 Å². The molecule has 0 aliphatic carbocycles. The van der Waals surface area contributed by atoms with E-state index in [0.29, 0.717) is 0 Å². The number of hydrogen-bond acceptors (Lipinski definition) is 7. The molecule has 0 amide bonds. The number of Topliss-reactive ketones (excluding diaryl/α,β-unsaturated/α-hetero) is 1. The number of rotatable bonds is 17. The van der Waals surface area contributed by atoms with E-state index in [1.54, 1.807) is 32.1 Å². The SMILES string of the molecule is C/C(=C/C[C@H](O[Si](C)(C)C(C)(C)C)/C(C)=C/c1csc(C)n1)CCC[C@H](C)[C@H](O)[C@@H](C)C(=O)C(C)(C)[C@@H](O)CCO. The van der Waals surface area contributed by atoms with Gasteiger partial charge in [-0.25, -0.2) is 4.98 Å². The minimum atomic E-state index is -1.98. The van der Waals surface area contributed by atoms with Crippen molar-refractivity contribution in [3.63, 3.8) is 0 Å². The Hall–Kier alpha value is -1.16. The van der Waals surface area contributed by atoms with Crippen LogP contribution in [-0.2, 0) is 9.22 Å². The fourth-order valence-corrected chi connectivity index (χ4v) is 6.72. The van der Waals surface area contributed by atoms with Gasteiger partial charge >= 0.3 is 0 Å². The third-order valence-electron chi connectivity index (χ3n) is 9.05. The van der Waals surface area contributed by atoms with Gasteiger partial charge in [0.05, 0.1) is 29.0 Å². The lowest BCUT2D eigenvalue weighted by Crippen LogP contribution is -2.45. The maximum absolute atomic E-state index is 13.1. The van der Waals surface area contributed by atoms with Crippen molar-refractivity contribution in [3.05, 3.63) is 33.3 Å². The van der Waals surface area contributed by atoms with Crippen LogP contribution in [0.15, 0.2) is 22.6 Å². The van der Waals surface area contributed by atoms with E-state index in [4.69, 9.17) is 9.53 Å². The maximum Gasteiger partial charge on any atom is 0.192 e. The highest BCUT2D eigenvalue weighted by atomic mass is 32.1. The summed E-state index contributed by atoms with van der Waals surface area (Å²) >= 11 is 1.66. The molecule has 0 aliphatic rings. The summed E-state index contributed by atoms with van der Waals surface area (Å²) in [5, 5.41) is 33.7. The molecule has 41 heavy (non-hydrogen) atoms. The van der Waals surface area contributed by atoms with Crippen molar-refractivity contribution < 1.29 is 24.5 Å². The van der Waals surface area contributed by atoms with Gasteiger partial charge in [0.25, 0.3) is 0 Å². The summed E-state index contributed by atoms with van der Waals surface area (Å²) in [4.78, 5) is 17.7. The molecule has 0 aromatic carbocycles. The summed E-state index contributed by atoms with van der Waals surface area (Å²) in [5.41, 5.74) is 2.45. The predicted molar refractivity (Wildman–Crippen MR) is 176 cm³/mol. The van der Waals surface area contributed by atoms with Crippen LogP contribution < -0.4 is 0 Å². The minimum absolute atomic E-state index is 0.00926. The second kappa shape index (κ2) is 16.1. The van der Waals surface area contributed by atoms with Crippen molar-refractivity contribution in [1.29, 1.82) is 0 Å². The topological polar surface area (TPSA) is 99.9 Å². The zero-order valence-electron chi connectivity index (χ0n) is 27.9. The predicted octanol–water partition coefficient (Wildman–Crippen LogP) is 7.72. The van der Waals surface area contributed by atoms with Gasteiger partial charge in [-0.05, 0) is 88.6 Å². The monoisotopic (exact) mass is 609 g/mol. The van der Waals surface area contributed by atoms with Crippen LogP contribution in [0.5, 0.6) is 0 Å². The van der Waals surface area contributed by atoms with Crippen LogP contribution in [0, 0.1) is 24.2 Å². The Morgan fingerprint density at radius 1 is 1.12 bits per heavy atom. The molecule has 0 radical (unpaired) electrons.